The topological polar surface area (TPSA) is 71.1 Å². The second-order valence-electron chi connectivity index (χ2n) is 5.70. The lowest BCUT2D eigenvalue weighted by Gasteiger charge is -2.12. The SMILES string of the molecule is O=C(CCCc1ccccn1)Nc1ccccc1NC(=O)c1cccs1. The highest BCUT2D eigenvalue weighted by Crippen LogP contribution is 2.23. The van der Waals surface area contributed by atoms with Gasteiger partial charge in [0.05, 0.1) is 16.3 Å². The van der Waals surface area contributed by atoms with E-state index < -0.39 is 0 Å². The Balaban J connectivity index is 1.55. The minimum atomic E-state index is -0.183. The highest BCUT2D eigenvalue weighted by molar-refractivity contribution is 7.12. The first-order chi connectivity index (χ1) is 12.7. The number of carbonyl (C=O) groups is 2. The van der Waals surface area contributed by atoms with E-state index in [9.17, 15) is 9.59 Å². The van der Waals surface area contributed by atoms with Crippen molar-refractivity contribution in [1.29, 1.82) is 0 Å². The van der Waals surface area contributed by atoms with Gasteiger partial charge in [0.1, 0.15) is 0 Å². The van der Waals surface area contributed by atoms with Crippen LogP contribution in [-0.4, -0.2) is 16.8 Å². The molecule has 0 aliphatic carbocycles. The Hall–Kier alpha value is -2.99. The molecule has 5 nitrogen and oxygen atoms in total. The number of nitrogens with one attached hydrogen (secondary N) is 2. The zero-order valence-electron chi connectivity index (χ0n) is 14.1. The molecule has 0 saturated heterocycles. The molecule has 0 fully saturated rings. The predicted molar refractivity (Wildman–Crippen MR) is 105 cm³/mol. The van der Waals surface area contributed by atoms with Crippen LogP contribution in [0.2, 0.25) is 0 Å². The van der Waals surface area contributed by atoms with Crippen molar-refractivity contribution in [2.45, 2.75) is 19.3 Å². The lowest BCUT2D eigenvalue weighted by atomic mass is 10.1. The fourth-order valence-electron chi connectivity index (χ4n) is 2.48. The minimum Gasteiger partial charge on any atom is -0.324 e. The van der Waals surface area contributed by atoms with Crippen molar-refractivity contribution in [3.8, 4) is 0 Å². The molecule has 132 valence electrons. The summed E-state index contributed by atoms with van der Waals surface area (Å²) < 4.78 is 0. The zero-order chi connectivity index (χ0) is 18.2. The maximum absolute atomic E-state index is 12.2. The number of rotatable bonds is 7. The second kappa shape index (κ2) is 8.92. The van der Waals surface area contributed by atoms with Gasteiger partial charge in [0, 0.05) is 18.3 Å². The molecule has 2 aromatic heterocycles. The average molecular weight is 365 g/mol. The van der Waals surface area contributed by atoms with Gasteiger partial charge < -0.3 is 10.6 Å². The molecule has 2 amide bonds. The summed E-state index contributed by atoms with van der Waals surface area (Å²) in [5.74, 6) is -0.268. The van der Waals surface area contributed by atoms with E-state index in [1.165, 1.54) is 11.3 Å². The summed E-state index contributed by atoms with van der Waals surface area (Å²) in [5, 5.41) is 7.58. The Morgan fingerprint density at radius 3 is 2.38 bits per heavy atom. The molecule has 3 aromatic rings. The van der Waals surface area contributed by atoms with Crippen molar-refractivity contribution in [1.82, 2.24) is 4.98 Å². The normalized spacial score (nSPS) is 10.3. The third-order valence-electron chi connectivity index (χ3n) is 3.76. The van der Waals surface area contributed by atoms with E-state index in [0.29, 0.717) is 29.1 Å². The second-order valence-corrected chi connectivity index (χ2v) is 6.65. The summed E-state index contributed by atoms with van der Waals surface area (Å²) in [7, 11) is 0. The Morgan fingerprint density at radius 1 is 0.923 bits per heavy atom. The largest absolute Gasteiger partial charge is 0.324 e. The fourth-order valence-corrected chi connectivity index (χ4v) is 3.10. The van der Waals surface area contributed by atoms with Crippen molar-refractivity contribution in [3.05, 3.63) is 76.7 Å². The molecule has 0 unspecified atom stereocenters. The van der Waals surface area contributed by atoms with Crippen LogP contribution in [-0.2, 0) is 11.2 Å². The number of aromatic nitrogens is 1. The number of benzene rings is 1. The summed E-state index contributed by atoms with van der Waals surface area (Å²) in [6.45, 7) is 0. The summed E-state index contributed by atoms with van der Waals surface area (Å²) in [6.07, 6.45) is 3.61. The number of thiophene rings is 1. The third kappa shape index (κ3) is 5.00. The molecular formula is C20H19N3O2S. The first kappa shape index (κ1) is 17.8. The van der Waals surface area contributed by atoms with E-state index in [2.05, 4.69) is 15.6 Å². The molecule has 0 bridgehead atoms. The number of hydrogen-bond donors (Lipinski definition) is 2. The number of aryl methyl sites for hydroxylation is 1. The molecule has 0 saturated carbocycles. The first-order valence-electron chi connectivity index (χ1n) is 8.36. The summed E-state index contributed by atoms with van der Waals surface area (Å²) >= 11 is 1.37. The smallest absolute Gasteiger partial charge is 0.265 e. The van der Waals surface area contributed by atoms with Gasteiger partial charge in [0.25, 0.3) is 5.91 Å². The number of pyridine rings is 1. The van der Waals surface area contributed by atoms with Crippen LogP contribution in [0.25, 0.3) is 0 Å². The monoisotopic (exact) mass is 365 g/mol. The van der Waals surface area contributed by atoms with Gasteiger partial charge in [-0.1, -0.05) is 24.3 Å². The van der Waals surface area contributed by atoms with Gasteiger partial charge in [-0.3, -0.25) is 14.6 Å². The number of para-hydroxylation sites is 2. The Labute approximate surface area is 156 Å². The van der Waals surface area contributed by atoms with Gasteiger partial charge in [-0.2, -0.15) is 0 Å². The summed E-state index contributed by atoms with van der Waals surface area (Å²) in [5.41, 5.74) is 2.16. The molecule has 0 atom stereocenters. The van der Waals surface area contributed by atoms with E-state index in [1.807, 2.05) is 41.8 Å². The Kier molecular flexibility index (Phi) is 6.11. The number of carbonyl (C=O) groups excluding carboxylic acids is 2. The number of hydrogen-bond acceptors (Lipinski definition) is 4. The molecule has 3 rings (SSSR count). The molecular weight excluding hydrogens is 346 g/mol. The maximum Gasteiger partial charge on any atom is 0.265 e. The Morgan fingerprint density at radius 2 is 1.69 bits per heavy atom. The van der Waals surface area contributed by atoms with Crippen LogP contribution in [0, 0.1) is 0 Å². The lowest BCUT2D eigenvalue weighted by molar-refractivity contribution is -0.116. The maximum atomic E-state index is 12.2. The standard InChI is InChI=1S/C20H19N3O2S/c24-19(12-5-8-15-7-3-4-13-21-15)22-16-9-1-2-10-17(16)23-20(25)18-11-6-14-26-18/h1-4,6-7,9-11,13-14H,5,8,12H2,(H,22,24)(H,23,25). The van der Waals surface area contributed by atoms with Gasteiger partial charge >= 0.3 is 0 Å². The van der Waals surface area contributed by atoms with Gasteiger partial charge in [-0.05, 0) is 48.6 Å². The molecule has 6 heteroatoms. The third-order valence-corrected chi connectivity index (χ3v) is 4.63. The molecule has 26 heavy (non-hydrogen) atoms. The van der Waals surface area contributed by atoms with Gasteiger partial charge in [-0.25, -0.2) is 0 Å². The van der Waals surface area contributed by atoms with Crippen molar-refractivity contribution >= 4 is 34.5 Å². The van der Waals surface area contributed by atoms with Gasteiger partial charge in [-0.15, -0.1) is 11.3 Å². The first-order valence-corrected chi connectivity index (χ1v) is 9.24. The van der Waals surface area contributed by atoms with Crippen molar-refractivity contribution < 1.29 is 9.59 Å². The van der Waals surface area contributed by atoms with Gasteiger partial charge in [0.2, 0.25) is 5.91 Å². The van der Waals surface area contributed by atoms with Crippen LogP contribution >= 0.6 is 11.3 Å². The quantitative estimate of drug-likeness (QED) is 0.654. The van der Waals surface area contributed by atoms with Crippen LogP contribution in [0.3, 0.4) is 0 Å². The number of anilines is 2. The van der Waals surface area contributed by atoms with Crippen molar-refractivity contribution in [2.24, 2.45) is 0 Å². The highest BCUT2D eigenvalue weighted by atomic mass is 32.1. The van der Waals surface area contributed by atoms with Crippen LogP contribution in [0.15, 0.2) is 66.2 Å². The van der Waals surface area contributed by atoms with E-state index in [-0.39, 0.29) is 11.8 Å². The van der Waals surface area contributed by atoms with E-state index in [1.54, 1.807) is 24.4 Å². The van der Waals surface area contributed by atoms with Crippen LogP contribution in [0.4, 0.5) is 11.4 Å². The molecule has 2 heterocycles. The summed E-state index contributed by atoms with van der Waals surface area (Å²) in [6, 6.07) is 16.5. The molecule has 2 N–H and O–H groups in total. The van der Waals surface area contributed by atoms with Crippen LogP contribution in [0.1, 0.15) is 28.2 Å². The van der Waals surface area contributed by atoms with E-state index >= 15 is 0 Å². The lowest BCUT2D eigenvalue weighted by Crippen LogP contribution is -2.16. The molecule has 0 aliphatic rings. The van der Waals surface area contributed by atoms with Crippen LogP contribution in [0.5, 0.6) is 0 Å². The van der Waals surface area contributed by atoms with Crippen LogP contribution < -0.4 is 10.6 Å². The minimum absolute atomic E-state index is 0.0845. The van der Waals surface area contributed by atoms with Crippen molar-refractivity contribution in [2.75, 3.05) is 10.6 Å². The van der Waals surface area contributed by atoms with E-state index in [0.717, 1.165) is 12.1 Å². The van der Waals surface area contributed by atoms with E-state index in [4.69, 9.17) is 0 Å². The van der Waals surface area contributed by atoms with Crippen molar-refractivity contribution in [3.63, 3.8) is 0 Å². The molecule has 0 spiro atoms. The Bertz CT molecular complexity index is 864. The molecule has 1 aromatic carbocycles. The molecule has 0 radical (unpaired) electrons. The molecule has 0 aliphatic heterocycles. The average Bonchev–Trinajstić information content (AvgIpc) is 3.19. The summed E-state index contributed by atoms with van der Waals surface area (Å²) in [4.78, 5) is 29.3. The predicted octanol–water partition coefficient (Wildman–Crippen LogP) is 4.36. The zero-order valence-corrected chi connectivity index (χ0v) is 15.0. The van der Waals surface area contributed by atoms with Gasteiger partial charge in [0.15, 0.2) is 0 Å². The fraction of sp³-hybridized carbons (Fsp3) is 0.150. The number of amides is 2. The highest BCUT2D eigenvalue weighted by Gasteiger charge is 2.11. The number of nitrogens with zero attached hydrogens (tertiary/aromatic N) is 1.